The fourth-order valence-electron chi connectivity index (χ4n) is 3.18. The third kappa shape index (κ3) is 2.80. The summed E-state index contributed by atoms with van der Waals surface area (Å²) in [7, 11) is 0. The molecule has 1 amide bonds. The molecule has 1 saturated heterocycles. The maximum absolute atomic E-state index is 13.1. The number of rotatable bonds is 3. The van der Waals surface area contributed by atoms with E-state index < -0.39 is 0 Å². The minimum absolute atomic E-state index is 0.0655. The van der Waals surface area contributed by atoms with Gasteiger partial charge in [-0.25, -0.2) is 9.07 Å². The fraction of sp³-hybridized carbons (Fsp3) is 0.211. The SMILES string of the molecule is O=C(Cn1ncc2ccccc2c1=O)N1CCC1c1ccc(F)cc1. The van der Waals surface area contributed by atoms with Gasteiger partial charge in [-0.05, 0) is 30.2 Å². The lowest BCUT2D eigenvalue weighted by atomic mass is 9.94. The highest BCUT2D eigenvalue weighted by atomic mass is 19.1. The largest absolute Gasteiger partial charge is 0.334 e. The van der Waals surface area contributed by atoms with Crippen LogP contribution in [0.5, 0.6) is 0 Å². The Morgan fingerprint density at radius 1 is 1.16 bits per heavy atom. The summed E-state index contributed by atoms with van der Waals surface area (Å²) in [5.41, 5.74) is 0.630. The van der Waals surface area contributed by atoms with Crippen LogP contribution < -0.4 is 5.56 Å². The van der Waals surface area contributed by atoms with Crippen molar-refractivity contribution >= 4 is 16.7 Å². The van der Waals surface area contributed by atoms with Crippen molar-refractivity contribution in [1.82, 2.24) is 14.7 Å². The Morgan fingerprint density at radius 2 is 1.92 bits per heavy atom. The highest BCUT2D eigenvalue weighted by Crippen LogP contribution is 2.33. The number of hydrogen-bond acceptors (Lipinski definition) is 3. The van der Waals surface area contributed by atoms with Crippen molar-refractivity contribution in [3.05, 3.63) is 76.5 Å². The van der Waals surface area contributed by atoms with E-state index >= 15 is 0 Å². The van der Waals surface area contributed by atoms with E-state index in [9.17, 15) is 14.0 Å². The first-order chi connectivity index (χ1) is 12.1. The highest BCUT2D eigenvalue weighted by molar-refractivity contribution is 5.81. The van der Waals surface area contributed by atoms with E-state index in [0.29, 0.717) is 11.9 Å². The zero-order chi connectivity index (χ0) is 17.4. The van der Waals surface area contributed by atoms with Crippen LogP contribution in [-0.2, 0) is 11.3 Å². The normalized spacial score (nSPS) is 16.7. The van der Waals surface area contributed by atoms with Crippen molar-refractivity contribution < 1.29 is 9.18 Å². The Hall–Kier alpha value is -3.02. The van der Waals surface area contributed by atoms with Crippen LogP contribution in [0.4, 0.5) is 4.39 Å². The average molecular weight is 337 g/mol. The maximum atomic E-state index is 13.1. The first kappa shape index (κ1) is 15.5. The lowest BCUT2D eigenvalue weighted by Crippen LogP contribution is -2.47. The number of benzene rings is 2. The van der Waals surface area contributed by atoms with Crippen LogP contribution in [0.15, 0.2) is 59.5 Å². The van der Waals surface area contributed by atoms with E-state index in [4.69, 9.17) is 0 Å². The van der Waals surface area contributed by atoms with Crippen LogP contribution in [0.1, 0.15) is 18.0 Å². The van der Waals surface area contributed by atoms with Crippen LogP contribution in [0, 0.1) is 5.82 Å². The number of amides is 1. The van der Waals surface area contributed by atoms with E-state index in [0.717, 1.165) is 17.4 Å². The molecule has 1 aliphatic heterocycles. The van der Waals surface area contributed by atoms with Gasteiger partial charge in [0.25, 0.3) is 5.56 Å². The molecule has 0 spiro atoms. The van der Waals surface area contributed by atoms with Crippen molar-refractivity contribution in [1.29, 1.82) is 0 Å². The maximum Gasteiger partial charge on any atom is 0.275 e. The summed E-state index contributed by atoms with van der Waals surface area (Å²) in [6.07, 6.45) is 2.43. The van der Waals surface area contributed by atoms with Crippen LogP contribution in [0.2, 0.25) is 0 Å². The average Bonchev–Trinajstić information content (AvgIpc) is 2.58. The first-order valence-electron chi connectivity index (χ1n) is 8.13. The number of aromatic nitrogens is 2. The van der Waals surface area contributed by atoms with Gasteiger partial charge in [0.15, 0.2) is 0 Å². The van der Waals surface area contributed by atoms with E-state index in [1.807, 2.05) is 12.1 Å². The summed E-state index contributed by atoms with van der Waals surface area (Å²) in [5.74, 6) is -0.460. The van der Waals surface area contributed by atoms with Crippen LogP contribution in [0.25, 0.3) is 10.8 Å². The molecule has 1 aliphatic rings. The molecule has 0 bridgehead atoms. The number of carbonyl (C=O) groups excluding carboxylic acids is 1. The quantitative estimate of drug-likeness (QED) is 0.738. The predicted octanol–water partition coefficient (Wildman–Crippen LogP) is 2.51. The zero-order valence-electron chi connectivity index (χ0n) is 13.4. The predicted molar refractivity (Wildman–Crippen MR) is 91.5 cm³/mol. The highest BCUT2D eigenvalue weighted by Gasteiger charge is 2.33. The first-order valence-corrected chi connectivity index (χ1v) is 8.13. The molecule has 1 fully saturated rings. The lowest BCUT2D eigenvalue weighted by Gasteiger charge is -2.41. The Kier molecular flexibility index (Phi) is 3.80. The fourth-order valence-corrected chi connectivity index (χ4v) is 3.18. The Bertz CT molecular complexity index is 997. The summed E-state index contributed by atoms with van der Waals surface area (Å²) in [6.45, 7) is 0.532. The molecule has 1 aromatic heterocycles. The monoisotopic (exact) mass is 337 g/mol. The number of fused-ring (bicyclic) bond motifs is 1. The molecule has 4 rings (SSSR count). The summed E-state index contributed by atoms with van der Waals surface area (Å²) in [4.78, 5) is 26.8. The van der Waals surface area contributed by atoms with Crippen molar-refractivity contribution in [3.8, 4) is 0 Å². The summed E-state index contributed by atoms with van der Waals surface area (Å²) < 4.78 is 14.3. The molecule has 2 aromatic carbocycles. The number of carbonyl (C=O) groups is 1. The van der Waals surface area contributed by atoms with E-state index in [1.54, 1.807) is 35.4 Å². The second kappa shape index (κ2) is 6.12. The topological polar surface area (TPSA) is 55.2 Å². The molecule has 0 N–H and O–H groups in total. The summed E-state index contributed by atoms with van der Waals surface area (Å²) >= 11 is 0. The standard InChI is InChI=1S/C19H16FN3O2/c20-15-7-5-13(6-8-15)17-9-10-22(17)18(24)12-23-19(25)16-4-2-1-3-14(16)11-21-23/h1-8,11,17H,9-10,12H2. The van der Waals surface area contributed by atoms with Gasteiger partial charge in [-0.15, -0.1) is 0 Å². The number of halogens is 1. The van der Waals surface area contributed by atoms with E-state index in [2.05, 4.69) is 5.10 Å². The molecule has 2 heterocycles. The van der Waals surface area contributed by atoms with Gasteiger partial charge in [0.2, 0.25) is 5.91 Å². The van der Waals surface area contributed by atoms with Gasteiger partial charge in [-0.3, -0.25) is 9.59 Å². The minimum Gasteiger partial charge on any atom is -0.334 e. The van der Waals surface area contributed by atoms with Crippen molar-refractivity contribution in [3.63, 3.8) is 0 Å². The van der Waals surface area contributed by atoms with Gasteiger partial charge in [-0.2, -0.15) is 5.10 Å². The van der Waals surface area contributed by atoms with E-state index in [-0.39, 0.29) is 29.9 Å². The van der Waals surface area contributed by atoms with E-state index in [1.165, 1.54) is 16.8 Å². The van der Waals surface area contributed by atoms with Crippen LogP contribution in [0.3, 0.4) is 0 Å². The molecule has 5 nitrogen and oxygen atoms in total. The molecule has 1 unspecified atom stereocenters. The van der Waals surface area contributed by atoms with Crippen molar-refractivity contribution in [2.75, 3.05) is 6.54 Å². The van der Waals surface area contributed by atoms with Crippen molar-refractivity contribution in [2.45, 2.75) is 19.0 Å². The Balaban J connectivity index is 1.55. The van der Waals surface area contributed by atoms with Crippen LogP contribution >= 0.6 is 0 Å². The number of nitrogens with zero attached hydrogens (tertiary/aromatic N) is 3. The van der Waals surface area contributed by atoms with Gasteiger partial charge in [-0.1, -0.05) is 30.3 Å². The second-order valence-electron chi connectivity index (χ2n) is 6.14. The Morgan fingerprint density at radius 3 is 2.64 bits per heavy atom. The molecule has 6 heteroatoms. The summed E-state index contributed by atoms with van der Waals surface area (Å²) in [5, 5.41) is 5.40. The third-order valence-corrected chi connectivity index (χ3v) is 4.64. The molecule has 0 radical (unpaired) electrons. The molecular weight excluding hydrogens is 321 g/mol. The summed E-state index contributed by atoms with van der Waals surface area (Å²) in [6, 6.07) is 13.3. The van der Waals surface area contributed by atoms with Gasteiger partial charge in [0.05, 0.1) is 17.6 Å². The molecule has 126 valence electrons. The molecule has 25 heavy (non-hydrogen) atoms. The van der Waals surface area contributed by atoms with Gasteiger partial charge in [0.1, 0.15) is 12.4 Å². The molecule has 1 atom stereocenters. The van der Waals surface area contributed by atoms with Gasteiger partial charge < -0.3 is 4.90 Å². The third-order valence-electron chi connectivity index (χ3n) is 4.64. The lowest BCUT2D eigenvalue weighted by molar-refractivity contribution is -0.140. The minimum atomic E-state index is -0.298. The zero-order valence-corrected chi connectivity index (χ0v) is 13.4. The van der Waals surface area contributed by atoms with Crippen LogP contribution in [-0.4, -0.2) is 27.1 Å². The second-order valence-corrected chi connectivity index (χ2v) is 6.14. The van der Waals surface area contributed by atoms with Gasteiger partial charge >= 0.3 is 0 Å². The number of likely N-dealkylation sites (tertiary alicyclic amines) is 1. The Labute approximate surface area is 143 Å². The molecule has 3 aromatic rings. The van der Waals surface area contributed by atoms with Gasteiger partial charge in [0, 0.05) is 11.9 Å². The molecular formula is C19H16FN3O2. The molecule has 0 aliphatic carbocycles. The molecule has 0 saturated carbocycles. The van der Waals surface area contributed by atoms with Crippen molar-refractivity contribution in [2.24, 2.45) is 0 Å². The smallest absolute Gasteiger partial charge is 0.275 e. The number of hydrogen-bond donors (Lipinski definition) is 0.